The number of H-pyrrole nitrogens is 1. The Morgan fingerprint density at radius 2 is 1.83 bits per heavy atom. The minimum Gasteiger partial charge on any atom is -0.361 e. The van der Waals surface area contributed by atoms with E-state index in [1.54, 1.807) is 12.1 Å². The third-order valence-electron chi connectivity index (χ3n) is 4.92. The summed E-state index contributed by atoms with van der Waals surface area (Å²) in [4.78, 5) is 17.7. The summed E-state index contributed by atoms with van der Waals surface area (Å²) < 4.78 is 13.6. The Morgan fingerprint density at radius 1 is 1.08 bits per heavy atom. The summed E-state index contributed by atoms with van der Waals surface area (Å²) >= 11 is 0. The van der Waals surface area contributed by atoms with Crippen LogP contribution in [0.25, 0.3) is 10.9 Å². The second-order valence-electron chi connectivity index (χ2n) is 6.37. The maximum Gasteiger partial charge on any atom is 0.253 e. The van der Waals surface area contributed by atoms with E-state index in [9.17, 15) is 9.18 Å². The molecule has 4 heteroatoms. The number of nitrogens with zero attached hydrogens (tertiary/aromatic N) is 1. The van der Waals surface area contributed by atoms with Crippen LogP contribution in [-0.2, 0) is 0 Å². The SMILES string of the molecule is O=C(c1ccccc1)N1CCC(c2c[nH]c3ccc(F)cc23)CC1. The minimum atomic E-state index is -0.208. The molecule has 0 bridgehead atoms. The number of hydrogen-bond acceptors (Lipinski definition) is 1. The van der Waals surface area contributed by atoms with Crippen LogP contribution in [0.5, 0.6) is 0 Å². The molecule has 0 spiro atoms. The lowest BCUT2D eigenvalue weighted by Gasteiger charge is -2.32. The van der Waals surface area contributed by atoms with Crippen LogP contribution >= 0.6 is 0 Å². The van der Waals surface area contributed by atoms with Gasteiger partial charge in [0.1, 0.15) is 5.82 Å². The third kappa shape index (κ3) is 2.68. The average Bonchev–Trinajstić information content (AvgIpc) is 3.05. The van der Waals surface area contributed by atoms with Gasteiger partial charge in [-0.2, -0.15) is 0 Å². The van der Waals surface area contributed by atoms with Gasteiger partial charge in [-0.25, -0.2) is 4.39 Å². The van der Waals surface area contributed by atoms with E-state index >= 15 is 0 Å². The highest BCUT2D eigenvalue weighted by atomic mass is 19.1. The van der Waals surface area contributed by atoms with Gasteiger partial charge >= 0.3 is 0 Å². The van der Waals surface area contributed by atoms with Crippen molar-refractivity contribution in [1.29, 1.82) is 0 Å². The summed E-state index contributed by atoms with van der Waals surface area (Å²) in [5.41, 5.74) is 2.87. The Hall–Kier alpha value is -2.62. The van der Waals surface area contributed by atoms with E-state index < -0.39 is 0 Å². The molecule has 0 radical (unpaired) electrons. The Bertz CT molecular complexity index is 864. The molecule has 1 aromatic heterocycles. The van der Waals surface area contributed by atoms with Gasteiger partial charge in [-0.05, 0) is 54.7 Å². The van der Waals surface area contributed by atoms with Crippen molar-refractivity contribution < 1.29 is 9.18 Å². The number of aromatic amines is 1. The fraction of sp³-hybridized carbons (Fsp3) is 0.250. The molecule has 0 unspecified atom stereocenters. The molecule has 1 aliphatic heterocycles. The van der Waals surface area contributed by atoms with Crippen LogP contribution in [0, 0.1) is 5.82 Å². The standard InChI is InChI=1S/C20H19FN2O/c21-16-6-7-19-17(12-16)18(13-22-19)14-8-10-23(11-9-14)20(24)15-4-2-1-3-5-15/h1-7,12-14,22H,8-11H2. The molecule has 0 atom stereocenters. The van der Waals surface area contributed by atoms with E-state index in [-0.39, 0.29) is 11.7 Å². The predicted octanol–water partition coefficient (Wildman–Crippen LogP) is 4.33. The molecule has 3 aromatic rings. The first kappa shape index (κ1) is 14.9. The molecule has 1 N–H and O–H groups in total. The first-order valence-electron chi connectivity index (χ1n) is 8.33. The number of fused-ring (bicyclic) bond motifs is 1. The van der Waals surface area contributed by atoms with E-state index in [1.165, 1.54) is 6.07 Å². The number of aromatic nitrogens is 1. The number of halogens is 1. The van der Waals surface area contributed by atoms with Crippen molar-refractivity contribution in [3.05, 3.63) is 71.7 Å². The lowest BCUT2D eigenvalue weighted by Crippen LogP contribution is -2.37. The molecule has 2 aromatic carbocycles. The number of benzene rings is 2. The summed E-state index contributed by atoms with van der Waals surface area (Å²) in [6, 6.07) is 14.3. The normalized spacial score (nSPS) is 15.8. The molecular weight excluding hydrogens is 303 g/mol. The highest BCUT2D eigenvalue weighted by molar-refractivity contribution is 5.94. The van der Waals surface area contributed by atoms with E-state index in [0.717, 1.165) is 48.0 Å². The molecule has 122 valence electrons. The highest BCUT2D eigenvalue weighted by Crippen LogP contribution is 2.33. The van der Waals surface area contributed by atoms with Crippen molar-refractivity contribution in [2.45, 2.75) is 18.8 Å². The van der Waals surface area contributed by atoms with Gasteiger partial charge in [0, 0.05) is 35.8 Å². The zero-order valence-electron chi connectivity index (χ0n) is 13.3. The van der Waals surface area contributed by atoms with Gasteiger partial charge in [0.15, 0.2) is 0 Å². The number of rotatable bonds is 2. The van der Waals surface area contributed by atoms with Gasteiger partial charge in [0.2, 0.25) is 0 Å². The molecule has 2 heterocycles. The van der Waals surface area contributed by atoms with Crippen LogP contribution in [-0.4, -0.2) is 28.9 Å². The van der Waals surface area contributed by atoms with E-state index in [0.29, 0.717) is 5.92 Å². The molecule has 0 saturated carbocycles. The fourth-order valence-electron chi connectivity index (χ4n) is 3.61. The van der Waals surface area contributed by atoms with Gasteiger partial charge in [0.25, 0.3) is 5.91 Å². The molecule has 1 saturated heterocycles. The summed E-state index contributed by atoms with van der Waals surface area (Å²) in [5, 5.41) is 0.961. The first-order valence-corrected chi connectivity index (χ1v) is 8.33. The Labute approximate surface area is 140 Å². The fourth-order valence-corrected chi connectivity index (χ4v) is 3.61. The number of likely N-dealkylation sites (tertiary alicyclic amines) is 1. The number of piperidine rings is 1. The Kier molecular flexibility index (Phi) is 3.81. The summed E-state index contributed by atoms with van der Waals surface area (Å²) in [6.45, 7) is 1.47. The topological polar surface area (TPSA) is 36.1 Å². The Morgan fingerprint density at radius 3 is 2.58 bits per heavy atom. The molecule has 4 rings (SSSR count). The molecule has 24 heavy (non-hydrogen) atoms. The lowest BCUT2D eigenvalue weighted by molar-refractivity contribution is 0.0713. The van der Waals surface area contributed by atoms with E-state index in [1.807, 2.05) is 41.4 Å². The van der Waals surface area contributed by atoms with Gasteiger partial charge in [-0.15, -0.1) is 0 Å². The monoisotopic (exact) mass is 322 g/mol. The van der Waals surface area contributed by atoms with Crippen LogP contribution in [0.3, 0.4) is 0 Å². The number of hydrogen-bond donors (Lipinski definition) is 1. The number of amides is 1. The molecular formula is C20H19FN2O. The van der Waals surface area contributed by atoms with Crippen molar-refractivity contribution in [2.75, 3.05) is 13.1 Å². The van der Waals surface area contributed by atoms with Crippen molar-refractivity contribution >= 4 is 16.8 Å². The molecule has 0 aliphatic carbocycles. The van der Waals surface area contributed by atoms with Gasteiger partial charge in [-0.3, -0.25) is 4.79 Å². The number of carbonyl (C=O) groups excluding carboxylic acids is 1. The zero-order valence-corrected chi connectivity index (χ0v) is 13.3. The quantitative estimate of drug-likeness (QED) is 0.749. The van der Waals surface area contributed by atoms with E-state index in [4.69, 9.17) is 0 Å². The van der Waals surface area contributed by atoms with Gasteiger partial charge < -0.3 is 9.88 Å². The smallest absolute Gasteiger partial charge is 0.253 e. The number of nitrogens with one attached hydrogen (secondary N) is 1. The second kappa shape index (κ2) is 6.11. The van der Waals surface area contributed by atoms with Crippen molar-refractivity contribution in [1.82, 2.24) is 9.88 Å². The van der Waals surface area contributed by atoms with Crippen LogP contribution < -0.4 is 0 Å². The molecule has 1 aliphatic rings. The molecule has 1 amide bonds. The Balaban J connectivity index is 1.49. The second-order valence-corrected chi connectivity index (χ2v) is 6.37. The maximum absolute atomic E-state index is 13.6. The van der Waals surface area contributed by atoms with Crippen molar-refractivity contribution in [2.24, 2.45) is 0 Å². The van der Waals surface area contributed by atoms with Crippen LogP contribution in [0.15, 0.2) is 54.7 Å². The van der Waals surface area contributed by atoms with E-state index in [2.05, 4.69) is 4.98 Å². The van der Waals surface area contributed by atoms with Crippen molar-refractivity contribution in [3.63, 3.8) is 0 Å². The average molecular weight is 322 g/mol. The number of carbonyl (C=O) groups is 1. The highest BCUT2D eigenvalue weighted by Gasteiger charge is 2.26. The minimum absolute atomic E-state index is 0.0963. The van der Waals surface area contributed by atoms with Gasteiger partial charge in [-0.1, -0.05) is 18.2 Å². The van der Waals surface area contributed by atoms with Crippen LogP contribution in [0.1, 0.15) is 34.7 Å². The zero-order chi connectivity index (χ0) is 16.5. The van der Waals surface area contributed by atoms with Crippen LogP contribution in [0.2, 0.25) is 0 Å². The van der Waals surface area contributed by atoms with Crippen LogP contribution in [0.4, 0.5) is 4.39 Å². The first-order chi connectivity index (χ1) is 11.7. The van der Waals surface area contributed by atoms with Crippen molar-refractivity contribution in [3.8, 4) is 0 Å². The molecule has 1 fully saturated rings. The summed E-state index contributed by atoms with van der Waals surface area (Å²) in [7, 11) is 0. The maximum atomic E-state index is 13.6. The lowest BCUT2D eigenvalue weighted by atomic mass is 9.89. The predicted molar refractivity (Wildman–Crippen MR) is 92.6 cm³/mol. The largest absolute Gasteiger partial charge is 0.361 e. The summed E-state index contributed by atoms with van der Waals surface area (Å²) in [5.74, 6) is 0.249. The summed E-state index contributed by atoms with van der Waals surface area (Å²) in [6.07, 6.45) is 3.80. The third-order valence-corrected chi connectivity index (χ3v) is 4.92. The molecule has 3 nitrogen and oxygen atoms in total. The van der Waals surface area contributed by atoms with Gasteiger partial charge in [0.05, 0.1) is 0 Å².